The molecule has 1 aromatic heterocycles. The SMILES string of the molecule is Cc1cccc(OCc2nn(CC(=O)Nc3cccc4ccccc34)c(=S)o2)c1. The maximum Gasteiger partial charge on any atom is 0.287 e. The lowest BCUT2D eigenvalue weighted by Crippen LogP contribution is -2.20. The van der Waals surface area contributed by atoms with E-state index in [-0.39, 0.29) is 23.9 Å². The molecule has 0 fully saturated rings. The molecule has 0 spiro atoms. The highest BCUT2D eigenvalue weighted by molar-refractivity contribution is 7.71. The fourth-order valence-electron chi connectivity index (χ4n) is 3.02. The van der Waals surface area contributed by atoms with Crippen molar-refractivity contribution in [2.45, 2.75) is 20.1 Å². The number of nitrogens with one attached hydrogen (secondary N) is 1. The third kappa shape index (κ3) is 4.52. The Kier molecular flexibility index (Phi) is 5.39. The average Bonchev–Trinajstić information content (AvgIpc) is 3.06. The third-order valence-electron chi connectivity index (χ3n) is 4.36. The van der Waals surface area contributed by atoms with Gasteiger partial charge >= 0.3 is 0 Å². The normalized spacial score (nSPS) is 10.8. The van der Waals surface area contributed by atoms with E-state index in [0.717, 1.165) is 27.8 Å². The Bertz CT molecular complexity index is 1220. The van der Waals surface area contributed by atoms with Crippen molar-refractivity contribution in [3.8, 4) is 5.75 Å². The Balaban J connectivity index is 1.43. The molecule has 3 aromatic carbocycles. The van der Waals surface area contributed by atoms with E-state index in [2.05, 4.69) is 10.4 Å². The van der Waals surface area contributed by atoms with E-state index < -0.39 is 0 Å². The monoisotopic (exact) mass is 405 g/mol. The molecular weight excluding hydrogens is 386 g/mol. The van der Waals surface area contributed by atoms with Crippen molar-refractivity contribution in [2.24, 2.45) is 0 Å². The first-order valence-electron chi connectivity index (χ1n) is 9.12. The number of ether oxygens (including phenoxy) is 1. The number of anilines is 1. The minimum Gasteiger partial charge on any atom is -0.484 e. The molecule has 0 saturated carbocycles. The zero-order valence-corrected chi connectivity index (χ0v) is 16.6. The second kappa shape index (κ2) is 8.28. The Hall–Kier alpha value is -3.45. The standard InChI is InChI=1S/C22H19N3O3S/c1-15-6-4-9-17(12-15)27-14-21-24-25(22(29)28-21)13-20(26)23-19-11-5-8-16-7-2-3-10-18(16)19/h2-12H,13-14H2,1H3,(H,23,26). The lowest BCUT2D eigenvalue weighted by atomic mass is 10.1. The molecular formula is C22H19N3O3S. The fourth-order valence-corrected chi connectivity index (χ4v) is 3.22. The van der Waals surface area contributed by atoms with E-state index in [0.29, 0.717) is 5.89 Å². The van der Waals surface area contributed by atoms with E-state index in [4.69, 9.17) is 21.4 Å². The number of hydrogen-bond acceptors (Lipinski definition) is 5. The number of rotatable bonds is 6. The van der Waals surface area contributed by atoms with Crippen LogP contribution in [0.3, 0.4) is 0 Å². The number of aryl methyl sites for hydroxylation is 1. The number of hydrogen-bond donors (Lipinski definition) is 1. The molecule has 1 heterocycles. The van der Waals surface area contributed by atoms with Gasteiger partial charge in [-0.15, -0.1) is 5.10 Å². The lowest BCUT2D eigenvalue weighted by molar-refractivity contribution is -0.117. The highest BCUT2D eigenvalue weighted by Crippen LogP contribution is 2.23. The molecule has 1 amide bonds. The number of fused-ring (bicyclic) bond motifs is 1. The van der Waals surface area contributed by atoms with Gasteiger partial charge < -0.3 is 14.5 Å². The minimum absolute atomic E-state index is 0.0456. The topological polar surface area (TPSA) is 69.3 Å². The molecule has 29 heavy (non-hydrogen) atoms. The largest absolute Gasteiger partial charge is 0.484 e. The van der Waals surface area contributed by atoms with Crippen molar-refractivity contribution in [3.05, 3.63) is 83.0 Å². The van der Waals surface area contributed by atoms with Gasteiger partial charge in [0, 0.05) is 11.1 Å². The first-order valence-corrected chi connectivity index (χ1v) is 9.53. The van der Waals surface area contributed by atoms with E-state index in [1.807, 2.05) is 73.7 Å². The summed E-state index contributed by atoms with van der Waals surface area (Å²) in [5.41, 5.74) is 1.84. The molecule has 0 unspecified atom stereocenters. The summed E-state index contributed by atoms with van der Waals surface area (Å²) in [6.45, 7) is 2.07. The van der Waals surface area contributed by atoms with Gasteiger partial charge in [0.1, 0.15) is 12.3 Å². The Labute approximate surface area is 172 Å². The Morgan fingerprint density at radius 3 is 2.79 bits per heavy atom. The quantitative estimate of drug-likeness (QED) is 0.463. The predicted molar refractivity (Wildman–Crippen MR) is 113 cm³/mol. The number of carbonyl (C=O) groups is 1. The molecule has 4 rings (SSSR count). The summed E-state index contributed by atoms with van der Waals surface area (Å²) in [5.74, 6) is 0.792. The van der Waals surface area contributed by atoms with Crippen LogP contribution in [-0.4, -0.2) is 15.7 Å². The van der Waals surface area contributed by atoms with Crippen molar-refractivity contribution in [3.63, 3.8) is 0 Å². The number of benzene rings is 3. The van der Waals surface area contributed by atoms with Gasteiger partial charge in [-0.05, 0) is 48.3 Å². The maximum absolute atomic E-state index is 12.5. The van der Waals surface area contributed by atoms with E-state index in [1.54, 1.807) is 0 Å². The fraction of sp³-hybridized carbons (Fsp3) is 0.136. The van der Waals surface area contributed by atoms with Crippen LogP contribution in [0.4, 0.5) is 5.69 Å². The molecule has 1 N–H and O–H groups in total. The molecule has 4 aromatic rings. The molecule has 0 saturated heterocycles. The molecule has 146 valence electrons. The average molecular weight is 405 g/mol. The molecule has 0 aliphatic heterocycles. The molecule has 7 heteroatoms. The van der Waals surface area contributed by atoms with Crippen LogP contribution in [0.25, 0.3) is 10.8 Å². The highest BCUT2D eigenvalue weighted by Gasteiger charge is 2.12. The summed E-state index contributed by atoms with van der Waals surface area (Å²) in [7, 11) is 0. The van der Waals surface area contributed by atoms with Gasteiger partial charge in [-0.3, -0.25) is 4.79 Å². The Morgan fingerprint density at radius 2 is 1.93 bits per heavy atom. The lowest BCUT2D eigenvalue weighted by Gasteiger charge is -2.08. The van der Waals surface area contributed by atoms with Crippen LogP contribution in [0.15, 0.2) is 71.1 Å². The summed E-state index contributed by atoms with van der Waals surface area (Å²) < 4.78 is 12.5. The molecule has 6 nitrogen and oxygen atoms in total. The molecule has 0 radical (unpaired) electrons. The summed E-state index contributed by atoms with van der Waals surface area (Å²) >= 11 is 5.18. The van der Waals surface area contributed by atoms with Crippen LogP contribution < -0.4 is 10.1 Å². The predicted octanol–water partition coefficient (Wildman–Crippen LogP) is 4.88. The summed E-state index contributed by atoms with van der Waals surface area (Å²) in [4.78, 5) is 12.6. The molecule has 0 atom stereocenters. The molecule has 0 bridgehead atoms. The van der Waals surface area contributed by atoms with Crippen molar-refractivity contribution < 1.29 is 13.9 Å². The van der Waals surface area contributed by atoms with Gasteiger partial charge in [-0.25, -0.2) is 4.68 Å². The molecule has 0 aliphatic rings. The molecule has 0 aliphatic carbocycles. The van der Waals surface area contributed by atoms with E-state index in [9.17, 15) is 4.79 Å². The second-order valence-electron chi connectivity index (χ2n) is 6.60. The van der Waals surface area contributed by atoms with Gasteiger partial charge in [0.2, 0.25) is 5.91 Å². The van der Waals surface area contributed by atoms with Gasteiger partial charge in [-0.2, -0.15) is 0 Å². The van der Waals surface area contributed by atoms with Crippen LogP contribution in [0, 0.1) is 11.8 Å². The van der Waals surface area contributed by atoms with Crippen molar-refractivity contribution in [1.82, 2.24) is 9.78 Å². The van der Waals surface area contributed by atoms with Gasteiger partial charge in [0.15, 0.2) is 6.61 Å². The zero-order valence-electron chi connectivity index (χ0n) is 15.8. The van der Waals surface area contributed by atoms with Crippen LogP contribution in [0.2, 0.25) is 0 Å². The maximum atomic E-state index is 12.5. The van der Waals surface area contributed by atoms with Crippen LogP contribution in [0.5, 0.6) is 5.75 Å². The minimum atomic E-state index is -0.239. The van der Waals surface area contributed by atoms with Gasteiger partial charge in [0.25, 0.3) is 10.7 Å². The first kappa shape index (κ1) is 18.9. The summed E-state index contributed by atoms with van der Waals surface area (Å²) in [6.07, 6.45) is 0. The van der Waals surface area contributed by atoms with Gasteiger partial charge in [-0.1, -0.05) is 48.5 Å². The summed E-state index contributed by atoms with van der Waals surface area (Å²) in [6, 6.07) is 21.3. The van der Waals surface area contributed by atoms with Crippen molar-refractivity contribution in [1.29, 1.82) is 0 Å². The van der Waals surface area contributed by atoms with Crippen LogP contribution in [-0.2, 0) is 17.9 Å². The number of nitrogens with zero attached hydrogens (tertiary/aromatic N) is 2. The smallest absolute Gasteiger partial charge is 0.287 e. The second-order valence-corrected chi connectivity index (χ2v) is 6.95. The first-order chi connectivity index (χ1) is 14.1. The number of carbonyl (C=O) groups excluding carboxylic acids is 1. The number of amides is 1. The third-order valence-corrected chi connectivity index (χ3v) is 4.65. The van der Waals surface area contributed by atoms with E-state index in [1.165, 1.54) is 4.68 Å². The number of aromatic nitrogens is 2. The van der Waals surface area contributed by atoms with Crippen molar-refractivity contribution >= 4 is 34.6 Å². The summed E-state index contributed by atoms with van der Waals surface area (Å²) in [5, 5.41) is 9.19. The van der Waals surface area contributed by atoms with Crippen LogP contribution >= 0.6 is 12.2 Å². The zero-order chi connectivity index (χ0) is 20.2. The van der Waals surface area contributed by atoms with Crippen molar-refractivity contribution in [2.75, 3.05) is 5.32 Å². The van der Waals surface area contributed by atoms with Crippen LogP contribution in [0.1, 0.15) is 11.5 Å². The van der Waals surface area contributed by atoms with Gasteiger partial charge in [0.05, 0.1) is 0 Å². The Morgan fingerprint density at radius 1 is 1.14 bits per heavy atom. The highest BCUT2D eigenvalue weighted by atomic mass is 32.1. The van der Waals surface area contributed by atoms with E-state index >= 15 is 0 Å².